The predicted octanol–water partition coefficient (Wildman–Crippen LogP) is 8.38. The van der Waals surface area contributed by atoms with Crippen LogP contribution in [0.3, 0.4) is 0 Å². The monoisotopic (exact) mass is 566 g/mol. The van der Waals surface area contributed by atoms with Crippen molar-refractivity contribution in [2.24, 2.45) is 5.92 Å². The molecule has 1 aliphatic carbocycles. The van der Waals surface area contributed by atoms with Gasteiger partial charge in [0.2, 0.25) is 6.71 Å². The van der Waals surface area contributed by atoms with Crippen LogP contribution in [0.15, 0.2) is 157 Å². The maximum atomic E-state index is 2.58. The molecule has 0 fully saturated rings. The summed E-state index contributed by atoms with van der Waals surface area (Å²) in [6.07, 6.45) is 9.56. The number of hydrogen-bond acceptors (Lipinski definition) is 2. The van der Waals surface area contributed by atoms with E-state index in [9.17, 15) is 0 Å². The summed E-state index contributed by atoms with van der Waals surface area (Å²) < 4.78 is 0. The van der Waals surface area contributed by atoms with Gasteiger partial charge in [-0.2, -0.15) is 0 Å². The Morgan fingerprint density at radius 2 is 1.33 bits per heavy atom. The van der Waals surface area contributed by atoms with Gasteiger partial charge in [-0.1, -0.05) is 114 Å². The van der Waals surface area contributed by atoms with Gasteiger partial charge in [0.05, 0.1) is 8.80 Å². The van der Waals surface area contributed by atoms with Crippen molar-refractivity contribution < 1.29 is 0 Å². The smallest absolute Gasteiger partial charge is 0.243 e. The Kier molecular flexibility index (Phi) is 5.54. The third kappa shape index (κ3) is 3.60. The minimum atomic E-state index is -1.18. The van der Waals surface area contributed by atoms with Crippen LogP contribution in [0.1, 0.15) is 5.56 Å². The van der Waals surface area contributed by atoms with Crippen LogP contribution in [0.25, 0.3) is 5.20 Å². The highest BCUT2D eigenvalue weighted by molar-refractivity contribution is 7.02. The van der Waals surface area contributed by atoms with E-state index in [2.05, 4.69) is 168 Å². The van der Waals surface area contributed by atoms with E-state index in [1.54, 1.807) is 10.7 Å². The number of nitrogens with zero attached hydrogens (tertiary/aromatic N) is 2. The molecule has 3 heterocycles. The number of allylic oxidation sites excluding steroid dienone is 5. The van der Waals surface area contributed by atoms with Crippen molar-refractivity contribution in [3.8, 4) is 0 Å². The van der Waals surface area contributed by atoms with Gasteiger partial charge >= 0.3 is 0 Å². The molecular weight excluding hydrogens is 535 g/mol. The number of rotatable bonds is 4. The Bertz CT molecular complexity index is 1930. The van der Waals surface area contributed by atoms with Crippen molar-refractivity contribution in [2.75, 3.05) is 9.80 Å². The zero-order valence-corrected chi connectivity index (χ0v) is 25.3. The molecule has 0 aromatic heterocycles. The lowest BCUT2D eigenvalue weighted by Gasteiger charge is -2.39. The third-order valence-corrected chi connectivity index (χ3v) is 13.3. The van der Waals surface area contributed by atoms with E-state index in [0.717, 1.165) is 17.1 Å². The van der Waals surface area contributed by atoms with Gasteiger partial charge in [-0.3, -0.25) is 0 Å². The molecule has 43 heavy (non-hydrogen) atoms. The third-order valence-electron chi connectivity index (χ3n) is 9.96. The molecule has 0 bridgehead atoms. The zero-order chi connectivity index (χ0) is 28.5. The summed E-state index contributed by atoms with van der Waals surface area (Å²) in [4.78, 5) is 4.90. The van der Waals surface area contributed by atoms with Gasteiger partial charge in [0.1, 0.15) is 0 Å². The molecule has 0 spiro atoms. The van der Waals surface area contributed by atoms with E-state index in [1.807, 2.05) is 0 Å². The molecule has 0 saturated heterocycles. The predicted molar refractivity (Wildman–Crippen MR) is 186 cm³/mol. The molecule has 9 rings (SSSR count). The van der Waals surface area contributed by atoms with E-state index < -0.39 is 8.80 Å². The van der Waals surface area contributed by atoms with Crippen molar-refractivity contribution in [2.45, 2.75) is 12.1 Å². The highest BCUT2D eigenvalue weighted by Crippen LogP contribution is 2.54. The van der Waals surface area contributed by atoms with Crippen molar-refractivity contribution in [3.05, 3.63) is 163 Å². The van der Waals surface area contributed by atoms with Gasteiger partial charge in [-0.05, 0) is 82.5 Å². The van der Waals surface area contributed by atoms with Crippen LogP contribution in [-0.4, -0.2) is 15.5 Å². The molecule has 5 aromatic carbocycles. The molecule has 0 saturated carbocycles. The second kappa shape index (κ2) is 9.62. The van der Waals surface area contributed by atoms with E-state index >= 15 is 0 Å². The quantitative estimate of drug-likeness (QED) is 0.202. The van der Waals surface area contributed by atoms with Crippen molar-refractivity contribution in [1.29, 1.82) is 0 Å². The van der Waals surface area contributed by atoms with E-state index in [-0.39, 0.29) is 0 Å². The molecule has 0 N–H and O–H groups in total. The van der Waals surface area contributed by atoms with Crippen molar-refractivity contribution in [3.63, 3.8) is 0 Å². The van der Waals surface area contributed by atoms with Crippen LogP contribution in [0.2, 0.25) is 12.1 Å². The number of fused-ring (bicyclic) bond motifs is 6. The summed E-state index contributed by atoms with van der Waals surface area (Å²) in [5.41, 5.74) is 14.1. The summed E-state index contributed by atoms with van der Waals surface area (Å²) >= 11 is 0. The molecule has 3 atom stereocenters. The molecule has 3 unspecified atom stereocenters. The van der Waals surface area contributed by atoms with Gasteiger partial charge < -0.3 is 9.80 Å². The van der Waals surface area contributed by atoms with Crippen LogP contribution in [0.5, 0.6) is 0 Å². The van der Waals surface area contributed by atoms with E-state index in [1.165, 1.54) is 33.6 Å². The fourth-order valence-corrected chi connectivity index (χ4v) is 11.7. The lowest BCUT2D eigenvalue weighted by atomic mass is 9.34. The summed E-state index contributed by atoms with van der Waals surface area (Å²) in [5, 5.41) is 1.72. The van der Waals surface area contributed by atoms with Gasteiger partial charge in [0, 0.05) is 34.1 Å². The molecule has 0 amide bonds. The zero-order valence-electron chi connectivity index (χ0n) is 24.1. The molecule has 204 valence electrons. The lowest BCUT2D eigenvalue weighted by molar-refractivity contribution is 0.808. The fourth-order valence-electron chi connectivity index (χ4n) is 8.26. The lowest BCUT2D eigenvalue weighted by Crippen LogP contribution is -2.51. The topological polar surface area (TPSA) is 6.48 Å². The molecule has 0 radical (unpaired) electrons. The maximum Gasteiger partial charge on any atom is 0.243 e. The van der Waals surface area contributed by atoms with Crippen LogP contribution in [0, 0.1) is 5.92 Å². The summed E-state index contributed by atoms with van der Waals surface area (Å²) in [6.45, 7) is 2.88. The van der Waals surface area contributed by atoms with Gasteiger partial charge in [0.15, 0.2) is 0 Å². The summed E-state index contributed by atoms with van der Waals surface area (Å²) in [6, 6.07) is 46.7. The average Bonchev–Trinajstić information content (AvgIpc) is 3.57. The summed E-state index contributed by atoms with van der Waals surface area (Å²) in [5.74, 6) is 0.507. The highest BCUT2D eigenvalue weighted by atomic mass is 28.3. The first-order chi connectivity index (χ1) is 21.3. The number of hydrogen-bond donors (Lipinski definition) is 0. The molecule has 2 nitrogen and oxygen atoms in total. The van der Waals surface area contributed by atoms with Gasteiger partial charge in [-0.25, -0.2) is 0 Å². The molecule has 4 heteroatoms. The van der Waals surface area contributed by atoms with Crippen molar-refractivity contribution >= 4 is 65.8 Å². The Morgan fingerprint density at radius 3 is 2.05 bits per heavy atom. The number of anilines is 6. The maximum absolute atomic E-state index is 2.58. The van der Waals surface area contributed by atoms with Crippen LogP contribution in [-0.2, 0) is 0 Å². The highest BCUT2D eigenvalue weighted by Gasteiger charge is 2.52. The standard InChI is InChI=1S/C39H31BN2Si/c1-43-36-23-12-11-20-31(36)38-39(43)32-21-13-22-34-37(32)40(38)33-25-24-30(26-35(33)42(34)29-18-9-4-10-19-29)41(27-14-5-2-6-15-27)28-16-7-3-8-17-28/h2-26,31,36,43H,1H3. The van der Waals surface area contributed by atoms with E-state index in [0.29, 0.717) is 18.2 Å². The van der Waals surface area contributed by atoms with Crippen LogP contribution < -0.4 is 20.7 Å². The first-order valence-electron chi connectivity index (χ1n) is 15.4. The molecule has 3 aliphatic heterocycles. The first kappa shape index (κ1) is 24.8. The Morgan fingerprint density at radius 1 is 0.651 bits per heavy atom. The second-order valence-electron chi connectivity index (χ2n) is 12.1. The van der Waals surface area contributed by atoms with Gasteiger partial charge in [-0.15, -0.1) is 0 Å². The second-order valence-corrected chi connectivity index (χ2v) is 15.0. The average molecular weight is 567 g/mol. The first-order valence-corrected chi connectivity index (χ1v) is 17.8. The number of para-hydroxylation sites is 3. The fraction of sp³-hybridized carbons (Fsp3) is 0.0769. The van der Waals surface area contributed by atoms with E-state index in [4.69, 9.17) is 0 Å². The minimum Gasteiger partial charge on any atom is -0.311 e. The Balaban J connectivity index is 1.30. The van der Waals surface area contributed by atoms with Crippen LogP contribution >= 0.6 is 0 Å². The number of benzene rings is 5. The SMILES string of the molecule is C[SiH]1C2=C(B3c4ccc(N(c5ccccc5)c5ccccc5)cc4N(c4ccccc4)c4cccc2c43)C2C=CC=CC21. The normalized spacial score (nSPS) is 20.5. The van der Waals surface area contributed by atoms with Crippen molar-refractivity contribution in [1.82, 2.24) is 0 Å². The molecular formula is C39H31BN2Si. The Hall–Kier alpha value is -4.80. The molecule has 5 aromatic rings. The molecule has 4 aliphatic rings. The largest absolute Gasteiger partial charge is 0.311 e. The van der Waals surface area contributed by atoms with Crippen LogP contribution in [0.4, 0.5) is 34.1 Å². The summed E-state index contributed by atoms with van der Waals surface area (Å²) in [7, 11) is -1.18. The minimum absolute atomic E-state index is 0.299. The van der Waals surface area contributed by atoms with Gasteiger partial charge in [0.25, 0.3) is 0 Å². The Labute approximate surface area is 255 Å².